The molecule has 5 unspecified atom stereocenters. The molecule has 2 aliphatic heterocycles. The minimum atomic E-state index is -4.46. The number of carbonyl (C=O) groups is 1. The maximum atomic E-state index is 15.7. The molecule has 2 fully saturated rings. The number of hydrogen-bond donors (Lipinski definition) is 2. The van der Waals surface area contributed by atoms with Crippen LogP contribution in [0.2, 0.25) is 0 Å². The van der Waals surface area contributed by atoms with Gasteiger partial charge in [0.05, 0.1) is 27.7 Å². The fourth-order valence-corrected chi connectivity index (χ4v) is 7.32. The van der Waals surface area contributed by atoms with Crippen LogP contribution < -0.4 is 10.6 Å². The topological polar surface area (TPSA) is 83.3 Å². The SMILES string of the molecule is CCC1CC(Nc2cccc3c(CC(F)(F)F)c(-c4noc(C5CCC(=O)N5)n4)sc23)C(F)C(C)N1C(C)C. The van der Waals surface area contributed by atoms with Gasteiger partial charge in [0.1, 0.15) is 12.2 Å². The summed E-state index contributed by atoms with van der Waals surface area (Å²) in [6, 6.07) is 4.27. The van der Waals surface area contributed by atoms with Crippen LogP contribution in [0.25, 0.3) is 20.8 Å². The molecule has 0 spiro atoms. The quantitative estimate of drug-likeness (QED) is 0.321. The Morgan fingerprint density at radius 3 is 2.72 bits per heavy atom. The third kappa shape index (κ3) is 5.50. The highest BCUT2D eigenvalue weighted by Crippen LogP contribution is 2.44. The number of benzene rings is 1. The number of aromatic nitrogens is 2. The Labute approximate surface area is 228 Å². The number of nitrogens with one attached hydrogen (secondary N) is 2. The summed E-state index contributed by atoms with van der Waals surface area (Å²) in [5, 5.41) is 10.5. The lowest BCUT2D eigenvalue weighted by atomic mass is 9.87. The fraction of sp³-hybridized carbons (Fsp3) is 0.593. The molecule has 2 saturated heterocycles. The van der Waals surface area contributed by atoms with Gasteiger partial charge >= 0.3 is 6.18 Å². The molecule has 4 heterocycles. The lowest BCUT2D eigenvalue weighted by Crippen LogP contribution is -2.60. The molecule has 5 rings (SSSR count). The molecule has 1 aromatic carbocycles. The number of likely N-dealkylation sites (tertiary alicyclic amines) is 1. The second-order valence-corrected chi connectivity index (χ2v) is 11.8. The number of halogens is 4. The molecule has 0 bridgehead atoms. The molecule has 212 valence electrons. The zero-order valence-electron chi connectivity index (χ0n) is 22.3. The van der Waals surface area contributed by atoms with E-state index in [0.717, 1.165) is 17.8 Å². The van der Waals surface area contributed by atoms with Gasteiger partial charge in [0, 0.05) is 24.5 Å². The van der Waals surface area contributed by atoms with Gasteiger partial charge in [-0.25, -0.2) is 4.39 Å². The van der Waals surface area contributed by atoms with Crippen molar-refractivity contribution in [2.45, 2.75) is 102 Å². The summed E-state index contributed by atoms with van der Waals surface area (Å²) in [5.41, 5.74) is 0.645. The van der Waals surface area contributed by atoms with Gasteiger partial charge < -0.3 is 15.2 Å². The van der Waals surface area contributed by atoms with Gasteiger partial charge in [0.15, 0.2) is 0 Å². The van der Waals surface area contributed by atoms with Crippen LogP contribution >= 0.6 is 11.3 Å². The Morgan fingerprint density at radius 2 is 2.08 bits per heavy atom. The molecule has 7 nitrogen and oxygen atoms in total. The number of hydrogen-bond acceptors (Lipinski definition) is 7. The van der Waals surface area contributed by atoms with Crippen LogP contribution in [0.3, 0.4) is 0 Å². The molecule has 0 aliphatic carbocycles. The number of thiophene rings is 1. The van der Waals surface area contributed by atoms with Gasteiger partial charge in [-0.3, -0.25) is 9.69 Å². The van der Waals surface area contributed by atoms with E-state index in [9.17, 15) is 18.0 Å². The zero-order chi connectivity index (χ0) is 28.1. The van der Waals surface area contributed by atoms with Crippen molar-refractivity contribution in [1.82, 2.24) is 20.4 Å². The van der Waals surface area contributed by atoms with Crippen molar-refractivity contribution in [3.8, 4) is 10.7 Å². The van der Waals surface area contributed by atoms with Crippen LogP contribution in [0.4, 0.5) is 23.2 Å². The number of amides is 1. The largest absolute Gasteiger partial charge is 0.393 e. The number of anilines is 1. The number of carbonyl (C=O) groups excluding carboxylic acids is 1. The van der Waals surface area contributed by atoms with Crippen molar-refractivity contribution >= 4 is 33.0 Å². The van der Waals surface area contributed by atoms with Gasteiger partial charge in [0.25, 0.3) is 0 Å². The summed E-state index contributed by atoms with van der Waals surface area (Å²) in [7, 11) is 0. The summed E-state index contributed by atoms with van der Waals surface area (Å²) >= 11 is 1.14. The monoisotopic (exact) mass is 567 g/mol. The molecule has 2 aromatic heterocycles. The van der Waals surface area contributed by atoms with E-state index in [4.69, 9.17) is 4.52 Å². The number of alkyl halides is 4. The summed E-state index contributed by atoms with van der Waals surface area (Å²) in [4.78, 5) is 18.4. The van der Waals surface area contributed by atoms with Crippen molar-refractivity contribution in [3.05, 3.63) is 29.7 Å². The summed E-state index contributed by atoms with van der Waals surface area (Å²) < 4.78 is 62.8. The predicted molar refractivity (Wildman–Crippen MR) is 142 cm³/mol. The number of fused-ring (bicyclic) bond motifs is 1. The van der Waals surface area contributed by atoms with E-state index in [0.29, 0.717) is 35.0 Å². The summed E-state index contributed by atoms with van der Waals surface area (Å²) in [6.45, 7) is 8.13. The Kier molecular flexibility index (Phi) is 7.62. The average Bonchev–Trinajstić information content (AvgIpc) is 3.60. The molecular formula is C27H33F4N5O2S. The van der Waals surface area contributed by atoms with Crippen LogP contribution in [0.1, 0.15) is 70.9 Å². The second-order valence-electron chi connectivity index (χ2n) is 10.8. The van der Waals surface area contributed by atoms with Crippen molar-refractivity contribution in [1.29, 1.82) is 0 Å². The van der Waals surface area contributed by atoms with Crippen LogP contribution in [-0.4, -0.2) is 57.5 Å². The first-order valence-corrected chi connectivity index (χ1v) is 14.2. The fourth-order valence-electron chi connectivity index (χ4n) is 6.09. The van der Waals surface area contributed by atoms with Crippen LogP contribution in [-0.2, 0) is 11.2 Å². The average molecular weight is 568 g/mol. The van der Waals surface area contributed by atoms with E-state index < -0.39 is 30.9 Å². The van der Waals surface area contributed by atoms with E-state index in [1.165, 1.54) is 0 Å². The molecule has 1 amide bonds. The highest BCUT2D eigenvalue weighted by atomic mass is 32.1. The summed E-state index contributed by atoms with van der Waals surface area (Å²) in [6.07, 6.45) is -4.51. The van der Waals surface area contributed by atoms with E-state index >= 15 is 4.39 Å². The van der Waals surface area contributed by atoms with Crippen LogP contribution in [0.15, 0.2) is 22.7 Å². The molecule has 39 heavy (non-hydrogen) atoms. The molecule has 5 atom stereocenters. The predicted octanol–water partition coefficient (Wildman–Crippen LogP) is 6.41. The maximum Gasteiger partial charge on any atom is 0.393 e. The van der Waals surface area contributed by atoms with E-state index in [1.807, 2.05) is 6.92 Å². The van der Waals surface area contributed by atoms with Crippen molar-refractivity contribution < 1.29 is 26.9 Å². The minimum Gasteiger partial charge on any atom is -0.378 e. The first kappa shape index (κ1) is 27.8. The third-order valence-corrected chi connectivity index (χ3v) is 9.08. The van der Waals surface area contributed by atoms with Gasteiger partial charge in [-0.1, -0.05) is 24.2 Å². The maximum absolute atomic E-state index is 15.7. The van der Waals surface area contributed by atoms with Gasteiger partial charge in [-0.15, -0.1) is 11.3 Å². The number of rotatable bonds is 7. The zero-order valence-corrected chi connectivity index (χ0v) is 23.1. The third-order valence-electron chi connectivity index (χ3n) is 7.81. The molecule has 0 radical (unpaired) electrons. The first-order valence-electron chi connectivity index (χ1n) is 13.4. The van der Waals surface area contributed by atoms with Crippen molar-refractivity contribution in [3.63, 3.8) is 0 Å². The first-order chi connectivity index (χ1) is 18.5. The Hall–Kier alpha value is -2.73. The van der Waals surface area contributed by atoms with Crippen LogP contribution in [0, 0.1) is 0 Å². The van der Waals surface area contributed by atoms with E-state index in [1.54, 1.807) is 18.2 Å². The highest BCUT2D eigenvalue weighted by Gasteiger charge is 2.42. The van der Waals surface area contributed by atoms with Crippen molar-refractivity contribution in [2.75, 3.05) is 5.32 Å². The second kappa shape index (κ2) is 10.7. The number of nitrogens with zero attached hydrogens (tertiary/aromatic N) is 3. The Balaban J connectivity index is 1.52. The van der Waals surface area contributed by atoms with E-state index in [2.05, 4.69) is 46.4 Å². The molecule has 0 saturated carbocycles. The van der Waals surface area contributed by atoms with Gasteiger partial charge in [-0.05, 0) is 57.0 Å². The molecule has 12 heteroatoms. The van der Waals surface area contributed by atoms with Crippen molar-refractivity contribution in [2.24, 2.45) is 0 Å². The smallest absolute Gasteiger partial charge is 0.378 e. The highest BCUT2D eigenvalue weighted by molar-refractivity contribution is 7.23. The summed E-state index contributed by atoms with van der Waals surface area (Å²) in [5.74, 6) is 0.0762. The van der Waals surface area contributed by atoms with Gasteiger partial charge in [0.2, 0.25) is 17.6 Å². The minimum absolute atomic E-state index is 0.0471. The normalized spacial score (nSPS) is 26.5. The van der Waals surface area contributed by atoms with Crippen LogP contribution in [0.5, 0.6) is 0 Å². The molecule has 3 aromatic rings. The Morgan fingerprint density at radius 1 is 1.31 bits per heavy atom. The lowest BCUT2D eigenvalue weighted by Gasteiger charge is -2.48. The number of piperidine rings is 1. The van der Waals surface area contributed by atoms with E-state index in [-0.39, 0.29) is 46.2 Å². The molecular weight excluding hydrogens is 534 g/mol. The Bertz CT molecular complexity index is 1340. The lowest BCUT2D eigenvalue weighted by molar-refractivity contribution is -0.126. The standard InChI is InChI=1S/C27H33F4N5O2S/c1-5-15-11-20(22(28)14(4)36(15)13(2)3)32-18-8-6-7-16-17(12-27(29,30)31)24(39-23(16)18)25-34-26(38-35-25)19-9-10-21(37)33-19/h6-8,13-15,19-20,22,32H,5,9-12H2,1-4H3,(H,33,37). The van der Waals surface area contributed by atoms with Gasteiger partial charge in [-0.2, -0.15) is 18.2 Å². The molecule has 2 N–H and O–H groups in total. The molecule has 2 aliphatic rings.